The summed E-state index contributed by atoms with van der Waals surface area (Å²) in [4.78, 5) is 27.9. The molecule has 0 saturated carbocycles. The number of rotatable bonds is 11. The van der Waals surface area contributed by atoms with Gasteiger partial charge in [0.15, 0.2) is 11.5 Å². The van der Waals surface area contributed by atoms with Crippen LogP contribution in [0.1, 0.15) is 44.4 Å². The van der Waals surface area contributed by atoms with Gasteiger partial charge < -0.3 is 29.0 Å². The van der Waals surface area contributed by atoms with Crippen LogP contribution in [-0.2, 0) is 14.3 Å². The monoisotopic (exact) mass is 517 g/mol. The van der Waals surface area contributed by atoms with Gasteiger partial charge in [-0.25, -0.2) is 0 Å². The highest BCUT2D eigenvalue weighted by molar-refractivity contribution is 6.46. The molecule has 2 aromatic rings. The number of ether oxygens (including phenoxy) is 4. The van der Waals surface area contributed by atoms with Crippen LogP contribution in [0.15, 0.2) is 42.0 Å². The number of ketones is 1. The molecule has 36 heavy (non-hydrogen) atoms. The third kappa shape index (κ3) is 5.77. The Morgan fingerprint density at radius 1 is 1.06 bits per heavy atom. The number of likely N-dealkylation sites (tertiary alicyclic amines) is 1. The van der Waals surface area contributed by atoms with E-state index in [9.17, 15) is 14.7 Å². The van der Waals surface area contributed by atoms with Crippen molar-refractivity contribution in [2.45, 2.75) is 39.3 Å². The third-order valence-corrected chi connectivity index (χ3v) is 5.99. The second kappa shape index (κ2) is 12.1. The summed E-state index contributed by atoms with van der Waals surface area (Å²) in [5, 5.41) is 11.7. The van der Waals surface area contributed by atoms with E-state index in [1.807, 2.05) is 20.8 Å². The number of carbonyl (C=O) groups is 2. The van der Waals surface area contributed by atoms with Crippen LogP contribution in [-0.4, -0.2) is 61.8 Å². The van der Waals surface area contributed by atoms with Crippen LogP contribution < -0.4 is 14.2 Å². The molecule has 1 fully saturated rings. The van der Waals surface area contributed by atoms with Gasteiger partial charge in [0.05, 0.1) is 44.1 Å². The predicted octanol–water partition coefficient (Wildman–Crippen LogP) is 4.99. The van der Waals surface area contributed by atoms with Gasteiger partial charge in [0.1, 0.15) is 11.5 Å². The lowest BCUT2D eigenvalue weighted by molar-refractivity contribution is -0.140. The molecule has 0 aromatic heterocycles. The average molecular weight is 518 g/mol. The van der Waals surface area contributed by atoms with E-state index in [1.165, 1.54) is 25.2 Å². The maximum absolute atomic E-state index is 13.3. The van der Waals surface area contributed by atoms with Gasteiger partial charge in [-0.05, 0) is 63.1 Å². The molecule has 1 aliphatic heterocycles. The van der Waals surface area contributed by atoms with Gasteiger partial charge in [0.25, 0.3) is 11.7 Å². The summed E-state index contributed by atoms with van der Waals surface area (Å²) in [6.07, 6.45) is 0.554. The fourth-order valence-electron chi connectivity index (χ4n) is 4.15. The molecule has 8 nitrogen and oxygen atoms in total. The van der Waals surface area contributed by atoms with Crippen LogP contribution in [0.4, 0.5) is 0 Å². The van der Waals surface area contributed by atoms with Gasteiger partial charge in [-0.3, -0.25) is 9.59 Å². The maximum atomic E-state index is 13.3. The van der Waals surface area contributed by atoms with Crippen molar-refractivity contribution in [2.75, 3.05) is 34.0 Å². The highest BCUT2D eigenvalue weighted by atomic mass is 35.5. The van der Waals surface area contributed by atoms with Gasteiger partial charge in [-0.2, -0.15) is 0 Å². The first kappa shape index (κ1) is 27.4. The van der Waals surface area contributed by atoms with Crippen LogP contribution >= 0.6 is 11.6 Å². The molecule has 1 unspecified atom stereocenters. The SMILES string of the molecule is CCOc1cc(C2/C(=C(\O)c3cc(Cl)ccc3OC)C(=O)C(=O)N2CCCOC(C)C)ccc1OC. The molecule has 1 heterocycles. The molecule has 1 saturated heterocycles. The number of hydrogen-bond acceptors (Lipinski definition) is 7. The minimum absolute atomic E-state index is 0.0434. The van der Waals surface area contributed by atoms with Crippen molar-refractivity contribution in [3.63, 3.8) is 0 Å². The van der Waals surface area contributed by atoms with Crippen molar-refractivity contribution < 1.29 is 33.6 Å². The standard InChI is InChI=1S/C27H32ClNO7/c1-6-35-22-14-17(8-10-21(22)34-5)24-23(25(30)19-15-18(28)9-11-20(19)33-4)26(31)27(32)29(24)12-7-13-36-16(2)3/h8-11,14-16,24,30H,6-7,12-13H2,1-5H3/b25-23+. The summed E-state index contributed by atoms with van der Waals surface area (Å²) in [6, 6.07) is 9.01. The summed E-state index contributed by atoms with van der Waals surface area (Å²) in [5.74, 6) is -0.575. The quantitative estimate of drug-likeness (QED) is 0.194. The lowest BCUT2D eigenvalue weighted by Crippen LogP contribution is -2.31. The first-order chi connectivity index (χ1) is 17.2. The first-order valence-corrected chi connectivity index (χ1v) is 12.2. The minimum atomic E-state index is -0.863. The zero-order valence-electron chi connectivity index (χ0n) is 21.2. The zero-order chi connectivity index (χ0) is 26.4. The van der Waals surface area contributed by atoms with E-state index in [4.69, 9.17) is 30.5 Å². The Bertz CT molecular complexity index is 1140. The number of amides is 1. The smallest absolute Gasteiger partial charge is 0.295 e. The molecule has 1 aliphatic rings. The topological polar surface area (TPSA) is 94.5 Å². The molecule has 0 spiro atoms. The van der Waals surface area contributed by atoms with E-state index in [2.05, 4.69) is 0 Å². The van der Waals surface area contributed by atoms with Crippen molar-refractivity contribution in [3.8, 4) is 17.2 Å². The van der Waals surface area contributed by atoms with Crippen molar-refractivity contribution in [1.29, 1.82) is 0 Å². The van der Waals surface area contributed by atoms with Crippen molar-refractivity contribution >= 4 is 29.1 Å². The molecule has 1 amide bonds. The van der Waals surface area contributed by atoms with Crippen LogP contribution in [0.3, 0.4) is 0 Å². The molecule has 9 heteroatoms. The van der Waals surface area contributed by atoms with Crippen LogP contribution in [0.5, 0.6) is 17.2 Å². The molecule has 1 N–H and O–H groups in total. The molecular weight excluding hydrogens is 486 g/mol. The summed E-state index contributed by atoms with van der Waals surface area (Å²) in [7, 11) is 2.98. The predicted molar refractivity (Wildman–Crippen MR) is 137 cm³/mol. The number of hydrogen-bond donors (Lipinski definition) is 1. The van der Waals surface area contributed by atoms with Gasteiger partial charge in [-0.15, -0.1) is 0 Å². The first-order valence-electron chi connectivity index (χ1n) is 11.8. The Balaban J connectivity index is 2.16. The van der Waals surface area contributed by atoms with E-state index >= 15 is 0 Å². The molecule has 1 atom stereocenters. The number of carbonyl (C=O) groups excluding carboxylic acids is 2. The Hall–Kier alpha value is -3.23. The number of aliphatic hydroxyl groups excluding tert-OH is 1. The van der Waals surface area contributed by atoms with E-state index in [-0.39, 0.29) is 29.5 Å². The van der Waals surface area contributed by atoms with Crippen LogP contribution in [0.25, 0.3) is 5.76 Å². The Morgan fingerprint density at radius 2 is 1.75 bits per heavy atom. The highest BCUT2D eigenvalue weighted by Crippen LogP contribution is 2.43. The summed E-state index contributed by atoms with van der Waals surface area (Å²) >= 11 is 6.17. The number of methoxy groups -OCH3 is 2. The Morgan fingerprint density at radius 3 is 2.39 bits per heavy atom. The number of Topliss-reactive ketones (excluding diaryl/α,β-unsaturated/α-hetero) is 1. The minimum Gasteiger partial charge on any atom is -0.507 e. The number of benzene rings is 2. The van der Waals surface area contributed by atoms with Gasteiger partial charge >= 0.3 is 0 Å². The van der Waals surface area contributed by atoms with Crippen LogP contribution in [0, 0.1) is 0 Å². The molecule has 0 bridgehead atoms. The van der Waals surface area contributed by atoms with Crippen LogP contribution in [0.2, 0.25) is 5.02 Å². The number of halogens is 1. The van der Waals surface area contributed by atoms with Crippen molar-refractivity contribution in [3.05, 3.63) is 58.1 Å². The van der Waals surface area contributed by atoms with E-state index in [0.717, 1.165) is 0 Å². The van der Waals surface area contributed by atoms with Gasteiger partial charge in [0, 0.05) is 18.2 Å². The molecular formula is C27H32ClNO7. The second-order valence-corrected chi connectivity index (χ2v) is 8.89. The third-order valence-electron chi connectivity index (χ3n) is 5.75. The van der Waals surface area contributed by atoms with Crippen molar-refractivity contribution in [2.24, 2.45) is 0 Å². The molecule has 0 aliphatic carbocycles. The Kier molecular flexibility index (Phi) is 9.23. The van der Waals surface area contributed by atoms with E-state index in [1.54, 1.807) is 30.3 Å². The number of aliphatic hydroxyl groups is 1. The fraction of sp³-hybridized carbons (Fsp3) is 0.407. The summed E-state index contributed by atoms with van der Waals surface area (Å²) in [6.45, 7) is 6.77. The Labute approximate surface area is 216 Å². The molecule has 3 rings (SSSR count). The molecule has 194 valence electrons. The normalized spacial score (nSPS) is 17.1. The largest absolute Gasteiger partial charge is 0.507 e. The van der Waals surface area contributed by atoms with Crippen molar-refractivity contribution in [1.82, 2.24) is 4.90 Å². The molecule has 2 aromatic carbocycles. The van der Waals surface area contributed by atoms with Gasteiger partial charge in [-0.1, -0.05) is 17.7 Å². The second-order valence-electron chi connectivity index (χ2n) is 8.45. The molecule has 0 radical (unpaired) electrons. The fourth-order valence-corrected chi connectivity index (χ4v) is 4.33. The van der Waals surface area contributed by atoms with E-state index < -0.39 is 17.7 Å². The lowest BCUT2D eigenvalue weighted by Gasteiger charge is -2.26. The maximum Gasteiger partial charge on any atom is 0.295 e. The van der Waals surface area contributed by atoms with Gasteiger partial charge in [0.2, 0.25) is 0 Å². The summed E-state index contributed by atoms with van der Waals surface area (Å²) in [5.41, 5.74) is 0.749. The summed E-state index contributed by atoms with van der Waals surface area (Å²) < 4.78 is 22.1. The average Bonchev–Trinajstić information content (AvgIpc) is 3.11. The van der Waals surface area contributed by atoms with E-state index in [0.29, 0.717) is 47.5 Å². The zero-order valence-corrected chi connectivity index (χ0v) is 21.9. The highest BCUT2D eigenvalue weighted by Gasteiger charge is 2.46. The number of nitrogens with zero attached hydrogens (tertiary/aromatic N) is 1. The lowest BCUT2D eigenvalue weighted by atomic mass is 9.94.